The Labute approximate surface area is 129 Å². The zero-order valence-corrected chi connectivity index (χ0v) is 13.3. The summed E-state index contributed by atoms with van der Waals surface area (Å²) in [6, 6.07) is 14.3. The number of nitrogens with zero attached hydrogens (tertiary/aromatic N) is 2. The van der Waals surface area contributed by atoms with E-state index in [2.05, 4.69) is 56.4 Å². The van der Waals surface area contributed by atoms with E-state index in [0.717, 1.165) is 41.9 Å². The summed E-state index contributed by atoms with van der Waals surface area (Å²) in [5.74, 6) is 0. The number of likely N-dealkylation sites (N-methyl/N-ethyl adjacent to an activating group) is 1. The van der Waals surface area contributed by atoms with E-state index in [1.165, 1.54) is 0 Å². The standard InChI is InChI=1S/C16H20BrN3/c1-20(11-8-15-6-2-3-9-18-15)12-10-19-16-7-4-5-14(17)13-16/h2-7,9,13,19H,8,10-12H2,1H3. The van der Waals surface area contributed by atoms with Crippen LogP contribution in [-0.2, 0) is 6.42 Å². The lowest BCUT2D eigenvalue weighted by Gasteiger charge is -2.17. The molecule has 2 aromatic rings. The largest absolute Gasteiger partial charge is 0.384 e. The van der Waals surface area contributed by atoms with E-state index >= 15 is 0 Å². The van der Waals surface area contributed by atoms with Crippen molar-refractivity contribution in [1.29, 1.82) is 0 Å². The van der Waals surface area contributed by atoms with Gasteiger partial charge in [0.1, 0.15) is 0 Å². The molecule has 3 nitrogen and oxygen atoms in total. The Bertz CT molecular complexity index is 516. The molecule has 0 bridgehead atoms. The molecule has 1 N–H and O–H groups in total. The van der Waals surface area contributed by atoms with Crippen molar-refractivity contribution in [3.05, 3.63) is 58.8 Å². The van der Waals surface area contributed by atoms with Gasteiger partial charge in [0.05, 0.1) is 0 Å². The van der Waals surface area contributed by atoms with Crippen LogP contribution < -0.4 is 5.32 Å². The Morgan fingerprint density at radius 1 is 1.15 bits per heavy atom. The normalized spacial score (nSPS) is 10.8. The van der Waals surface area contributed by atoms with Gasteiger partial charge >= 0.3 is 0 Å². The summed E-state index contributed by atoms with van der Waals surface area (Å²) in [7, 11) is 2.14. The third-order valence-electron chi connectivity index (χ3n) is 3.12. The molecular weight excluding hydrogens is 314 g/mol. The van der Waals surface area contributed by atoms with Crippen LogP contribution in [0.1, 0.15) is 5.69 Å². The number of benzene rings is 1. The molecule has 0 unspecified atom stereocenters. The molecule has 106 valence electrons. The van der Waals surface area contributed by atoms with E-state index in [0.29, 0.717) is 0 Å². The highest BCUT2D eigenvalue weighted by Gasteiger charge is 2.00. The van der Waals surface area contributed by atoms with Crippen molar-refractivity contribution in [3.8, 4) is 0 Å². The number of hydrogen-bond acceptors (Lipinski definition) is 3. The molecule has 0 saturated carbocycles. The molecule has 0 fully saturated rings. The van der Waals surface area contributed by atoms with Gasteiger partial charge in [0.15, 0.2) is 0 Å². The molecule has 20 heavy (non-hydrogen) atoms. The Balaban J connectivity index is 1.66. The quantitative estimate of drug-likeness (QED) is 0.841. The molecule has 0 atom stereocenters. The summed E-state index contributed by atoms with van der Waals surface area (Å²) in [4.78, 5) is 6.66. The van der Waals surface area contributed by atoms with Crippen molar-refractivity contribution in [1.82, 2.24) is 9.88 Å². The highest BCUT2D eigenvalue weighted by atomic mass is 79.9. The average molecular weight is 334 g/mol. The van der Waals surface area contributed by atoms with Crippen molar-refractivity contribution < 1.29 is 0 Å². The fourth-order valence-corrected chi connectivity index (χ4v) is 2.35. The second-order valence-corrected chi connectivity index (χ2v) is 5.73. The number of aromatic nitrogens is 1. The molecular formula is C16H20BrN3. The highest BCUT2D eigenvalue weighted by molar-refractivity contribution is 9.10. The van der Waals surface area contributed by atoms with E-state index in [9.17, 15) is 0 Å². The zero-order valence-electron chi connectivity index (χ0n) is 11.7. The van der Waals surface area contributed by atoms with E-state index in [1.54, 1.807) is 0 Å². The lowest BCUT2D eigenvalue weighted by molar-refractivity contribution is 0.350. The summed E-state index contributed by atoms with van der Waals surface area (Å²) in [6.45, 7) is 2.98. The Morgan fingerprint density at radius 2 is 2.05 bits per heavy atom. The number of pyridine rings is 1. The lowest BCUT2D eigenvalue weighted by atomic mass is 10.2. The van der Waals surface area contributed by atoms with Gasteiger partial charge in [-0.25, -0.2) is 0 Å². The molecule has 0 amide bonds. The van der Waals surface area contributed by atoms with E-state index in [-0.39, 0.29) is 0 Å². The van der Waals surface area contributed by atoms with Crippen LogP contribution in [0, 0.1) is 0 Å². The van der Waals surface area contributed by atoms with Gasteiger partial charge in [0.25, 0.3) is 0 Å². The van der Waals surface area contributed by atoms with Gasteiger partial charge in [-0.2, -0.15) is 0 Å². The SMILES string of the molecule is CN(CCNc1cccc(Br)c1)CCc1ccccn1. The molecule has 1 heterocycles. The van der Waals surface area contributed by atoms with Crippen molar-refractivity contribution in [3.63, 3.8) is 0 Å². The Morgan fingerprint density at radius 3 is 2.80 bits per heavy atom. The first-order valence-corrected chi connectivity index (χ1v) is 7.61. The predicted octanol–water partition coefficient (Wildman–Crippen LogP) is 3.43. The van der Waals surface area contributed by atoms with Crippen molar-refractivity contribution in [2.24, 2.45) is 0 Å². The molecule has 4 heteroatoms. The first kappa shape index (κ1) is 15.0. The molecule has 1 aromatic carbocycles. The van der Waals surface area contributed by atoms with Crippen LogP contribution in [0.4, 0.5) is 5.69 Å². The zero-order chi connectivity index (χ0) is 14.2. The monoisotopic (exact) mass is 333 g/mol. The van der Waals surface area contributed by atoms with Crippen LogP contribution in [0.2, 0.25) is 0 Å². The van der Waals surface area contributed by atoms with Gasteiger partial charge in [-0.05, 0) is 37.4 Å². The summed E-state index contributed by atoms with van der Waals surface area (Å²) in [6.07, 6.45) is 2.85. The van der Waals surface area contributed by atoms with Gasteiger partial charge in [0, 0.05) is 48.1 Å². The first-order valence-electron chi connectivity index (χ1n) is 6.82. The molecule has 2 rings (SSSR count). The first-order chi connectivity index (χ1) is 9.74. The van der Waals surface area contributed by atoms with Gasteiger partial charge in [0.2, 0.25) is 0 Å². The third kappa shape index (κ3) is 5.31. The van der Waals surface area contributed by atoms with Crippen molar-refractivity contribution in [2.45, 2.75) is 6.42 Å². The number of halogens is 1. The Hall–Kier alpha value is -1.39. The fourth-order valence-electron chi connectivity index (χ4n) is 1.95. The minimum atomic E-state index is 0.940. The maximum Gasteiger partial charge on any atom is 0.0416 e. The predicted molar refractivity (Wildman–Crippen MR) is 88.1 cm³/mol. The minimum Gasteiger partial charge on any atom is -0.384 e. The van der Waals surface area contributed by atoms with Crippen LogP contribution in [0.15, 0.2) is 53.1 Å². The number of anilines is 1. The fraction of sp³-hybridized carbons (Fsp3) is 0.312. The number of nitrogens with one attached hydrogen (secondary N) is 1. The van der Waals surface area contributed by atoms with E-state index in [1.807, 2.05) is 30.5 Å². The molecule has 0 radical (unpaired) electrons. The van der Waals surface area contributed by atoms with Crippen molar-refractivity contribution >= 4 is 21.6 Å². The molecule has 0 aliphatic rings. The van der Waals surface area contributed by atoms with Gasteiger partial charge < -0.3 is 10.2 Å². The van der Waals surface area contributed by atoms with Crippen LogP contribution in [0.3, 0.4) is 0 Å². The van der Waals surface area contributed by atoms with Crippen LogP contribution >= 0.6 is 15.9 Å². The van der Waals surface area contributed by atoms with Crippen LogP contribution in [0.5, 0.6) is 0 Å². The Kier molecular flexibility index (Phi) is 6.02. The summed E-state index contributed by atoms with van der Waals surface area (Å²) < 4.78 is 1.10. The number of hydrogen-bond donors (Lipinski definition) is 1. The molecule has 1 aromatic heterocycles. The number of rotatable bonds is 7. The maximum atomic E-state index is 4.34. The van der Waals surface area contributed by atoms with Gasteiger partial charge in [-0.3, -0.25) is 4.98 Å². The molecule has 0 spiro atoms. The lowest BCUT2D eigenvalue weighted by Crippen LogP contribution is -2.27. The van der Waals surface area contributed by atoms with Crippen LogP contribution in [0.25, 0.3) is 0 Å². The van der Waals surface area contributed by atoms with Gasteiger partial charge in [-0.1, -0.05) is 28.1 Å². The van der Waals surface area contributed by atoms with E-state index < -0.39 is 0 Å². The highest BCUT2D eigenvalue weighted by Crippen LogP contribution is 2.15. The topological polar surface area (TPSA) is 28.2 Å². The minimum absolute atomic E-state index is 0.940. The average Bonchev–Trinajstić information content (AvgIpc) is 2.46. The smallest absolute Gasteiger partial charge is 0.0416 e. The summed E-state index contributed by atoms with van der Waals surface area (Å²) in [5.41, 5.74) is 2.30. The van der Waals surface area contributed by atoms with Gasteiger partial charge in [-0.15, -0.1) is 0 Å². The van der Waals surface area contributed by atoms with E-state index in [4.69, 9.17) is 0 Å². The summed E-state index contributed by atoms with van der Waals surface area (Å²) in [5, 5.41) is 3.43. The third-order valence-corrected chi connectivity index (χ3v) is 3.62. The molecule has 0 aliphatic carbocycles. The van der Waals surface area contributed by atoms with Crippen LogP contribution in [-0.4, -0.2) is 36.6 Å². The molecule has 0 saturated heterocycles. The second kappa shape index (κ2) is 8.02. The maximum absolute atomic E-state index is 4.34. The molecule has 0 aliphatic heterocycles. The van der Waals surface area contributed by atoms with Crippen molar-refractivity contribution in [2.75, 3.05) is 32.0 Å². The summed E-state index contributed by atoms with van der Waals surface area (Å²) >= 11 is 3.48. The second-order valence-electron chi connectivity index (χ2n) is 4.81.